The van der Waals surface area contributed by atoms with Crippen molar-refractivity contribution >= 4 is 31.0 Å². The van der Waals surface area contributed by atoms with Gasteiger partial charge in [-0.25, -0.2) is 12.4 Å². The Labute approximate surface area is 130 Å². The van der Waals surface area contributed by atoms with Crippen LogP contribution in [0.4, 0.5) is 0 Å². The third kappa shape index (κ3) is 4.31. The smallest absolute Gasteiger partial charge is 0.264 e. The van der Waals surface area contributed by atoms with Crippen molar-refractivity contribution in [2.45, 2.75) is 25.7 Å². The van der Waals surface area contributed by atoms with Crippen molar-refractivity contribution in [1.29, 1.82) is 0 Å². The third-order valence-corrected chi connectivity index (χ3v) is 5.29. The van der Waals surface area contributed by atoms with Gasteiger partial charge in [-0.05, 0) is 30.9 Å². The van der Waals surface area contributed by atoms with Crippen molar-refractivity contribution in [3.05, 3.63) is 36.0 Å². The molecule has 0 aliphatic carbocycles. The molecule has 0 atom stereocenters. The van der Waals surface area contributed by atoms with Gasteiger partial charge in [-0.3, -0.25) is 4.55 Å². The summed E-state index contributed by atoms with van der Waals surface area (Å²) in [5.74, 6) is -0.238. The molecule has 0 aliphatic rings. The Bertz CT molecular complexity index is 866. The molecule has 6 nitrogen and oxygen atoms in total. The van der Waals surface area contributed by atoms with Crippen molar-refractivity contribution in [1.82, 2.24) is 3.97 Å². The monoisotopic (exact) mass is 345 g/mol. The van der Waals surface area contributed by atoms with E-state index in [1.807, 2.05) is 12.1 Å². The highest BCUT2D eigenvalue weighted by molar-refractivity contribution is 7.89. The molecular weight excluding hydrogens is 326 g/mol. The lowest BCUT2D eigenvalue weighted by atomic mass is 10.1. The van der Waals surface area contributed by atoms with Crippen LogP contribution < -0.4 is 0 Å². The van der Waals surface area contributed by atoms with Crippen LogP contribution in [0.5, 0.6) is 0 Å². The van der Waals surface area contributed by atoms with Gasteiger partial charge in [0.2, 0.25) is 10.0 Å². The number of para-hydroxylation sites is 1. The molecule has 2 rings (SSSR count). The van der Waals surface area contributed by atoms with Gasteiger partial charge in [-0.15, -0.1) is 0 Å². The average molecular weight is 345 g/mol. The van der Waals surface area contributed by atoms with Gasteiger partial charge in [0, 0.05) is 11.6 Å². The molecule has 0 saturated carbocycles. The minimum atomic E-state index is -3.90. The lowest BCUT2D eigenvalue weighted by Crippen LogP contribution is -2.08. The zero-order chi connectivity index (χ0) is 16.4. The third-order valence-electron chi connectivity index (χ3n) is 3.47. The van der Waals surface area contributed by atoms with Crippen molar-refractivity contribution < 1.29 is 21.4 Å². The van der Waals surface area contributed by atoms with Crippen LogP contribution in [0.1, 0.15) is 24.8 Å². The summed E-state index contributed by atoms with van der Waals surface area (Å²) in [5, 5.41) is 0.891. The Morgan fingerprint density at radius 1 is 1.05 bits per heavy atom. The molecule has 0 saturated heterocycles. The van der Waals surface area contributed by atoms with Gasteiger partial charge in [-0.2, -0.15) is 8.42 Å². The molecule has 8 heteroatoms. The van der Waals surface area contributed by atoms with E-state index in [2.05, 4.69) is 0 Å². The number of hydrogen-bond donors (Lipinski definition) is 1. The van der Waals surface area contributed by atoms with Crippen molar-refractivity contribution in [3.63, 3.8) is 0 Å². The Kier molecular flexibility index (Phi) is 4.93. The first-order chi connectivity index (χ1) is 10.2. The number of fused-ring (bicyclic) bond motifs is 1. The van der Waals surface area contributed by atoms with Gasteiger partial charge in [0.1, 0.15) is 0 Å². The molecule has 22 heavy (non-hydrogen) atoms. The molecule has 1 aromatic carbocycles. The Morgan fingerprint density at radius 2 is 1.73 bits per heavy atom. The zero-order valence-corrected chi connectivity index (χ0v) is 13.9. The zero-order valence-electron chi connectivity index (χ0n) is 12.3. The first-order valence-electron chi connectivity index (χ1n) is 6.93. The molecule has 0 amide bonds. The van der Waals surface area contributed by atoms with E-state index in [0.717, 1.165) is 23.6 Å². The van der Waals surface area contributed by atoms with E-state index in [1.165, 1.54) is 3.97 Å². The summed E-state index contributed by atoms with van der Waals surface area (Å²) in [7, 11) is -7.26. The molecule has 1 heterocycles. The number of aromatic nitrogens is 1. The van der Waals surface area contributed by atoms with Gasteiger partial charge in [-0.1, -0.05) is 24.6 Å². The van der Waals surface area contributed by atoms with Gasteiger partial charge < -0.3 is 0 Å². The molecule has 1 aromatic heterocycles. The topological polar surface area (TPSA) is 93.4 Å². The van der Waals surface area contributed by atoms with Gasteiger partial charge in [0.15, 0.2) is 0 Å². The predicted molar refractivity (Wildman–Crippen MR) is 86.2 cm³/mol. The fraction of sp³-hybridized carbons (Fsp3) is 0.429. The van der Waals surface area contributed by atoms with Crippen LogP contribution in [0.15, 0.2) is 30.5 Å². The van der Waals surface area contributed by atoms with E-state index in [1.54, 1.807) is 18.3 Å². The number of aryl methyl sites for hydroxylation is 1. The van der Waals surface area contributed by atoms with Crippen LogP contribution >= 0.6 is 0 Å². The molecule has 1 N–H and O–H groups in total. The molecule has 0 unspecified atom stereocenters. The van der Waals surface area contributed by atoms with E-state index < -0.39 is 20.1 Å². The summed E-state index contributed by atoms with van der Waals surface area (Å²) in [6.07, 6.45) is 5.22. The largest absolute Gasteiger partial charge is 0.286 e. The highest BCUT2D eigenvalue weighted by atomic mass is 32.2. The van der Waals surface area contributed by atoms with E-state index in [0.29, 0.717) is 24.8 Å². The van der Waals surface area contributed by atoms with E-state index in [4.69, 9.17) is 4.55 Å². The summed E-state index contributed by atoms with van der Waals surface area (Å²) in [4.78, 5) is 0. The summed E-state index contributed by atoms with van der Waals surface area (Å²) >= 11 is 0. The van der Waals surface area contributed by atoms with E-state index >= 15 is 0 Å². The highest BCUT2D eigenvalue weighted by Crippen LogP contribution is 2.24. The number of hydrogen-bond acceptors (Lipinski definition) is 4. The fourth-order valence-corrected chi connectivity index (χ4v) is 3.87. The van der Waals surface area contributed by atoms with Crippen LogP contribution in [0.2, 0.25) is 0 Å². The van der Waals surface area contributed by atoms with Crippen molar-refractivity contribution in [2.75, 3.05) is 12.0 Å². The van der Waals surface area contributed by atoms with Crippen LogP contribution in [0.3, 0.4) is 0 Å². The van der Waals surface area contributed by atoms with Crippen LogP contribution in [0, 0.1) is 0 Å². The lowest BCUT2D eigenvalue weighted by Gasteiger charge is -2.00. The molecule has 0 spiro atoms. The van der Waals surface area contributed by atoms with Crippen molar-refractivity contribution in [2.24, 2.45) is 0 Å². The second-order valence-electron chi connectivity index (χ2n) is 5.33. The minimum Gasteiger partial charge on any atom is -0.286 e. The Hall–Kier alpha value is -1.38. The molecule has 2 aromatic rings. The maximum Gasteiger partial charge on any atom is 0.264 e. The Morgan fingerprint density at radius 3 is 2.36 bits per heavy atom. The SMILES string of the molecule is CS(=O)(=O)n1cc(CCCCCS(=O)(=O)O)c2ccccc21. The standard InChI is InChI=1S/C14H19NO5S2/c1-21(16,17)15-11-12(13-8-4-5-9-14(13)15)7-3-2-6-10-22(18,19)20/h4-5,8-9,11H,2-3,6-7,10H2,1H3,(H,18,19,20). The number of benzene rings is 1. The fourth-order valence-electron chi connectivity index (χ4n) is 2.47. The number of unbranched alkanes of at least 4 members (excludes halogenated alkanes) is 2. The van der Waals surface area contributed by atoms with Crippen molar-refractivity contribution in [3.8, 4) is 0 Å². The minimum absolute atomic E-state index is 0.238. The second kappa shape index (κ2) is 6.39. The predicted octanol–water partition coefficient (Wildman–Crippen LogP) is 2.05. The maximum atomic E-state index is 11.8. The summed E-state index contributed by atoms with van der Waals surface area (Å²) in [6, 6.07) is 7.29. The molecule has 0 fully saturated rings. The second-order valence-corrected chi connectivity index (χ2v) is 8.76. The highest BCUT2D eigenvalue weighted by Gasteiger charge is 2.14. The quantitative estimate of drug-likeness (QED) is 0.612. The number of nitrogens with zero attached hydrogens (tertiary/aromatic N) is 1. The molecule has 0 radical (unpaired) electrons. The summed E-state index contributed by atoms with van der Waals surface area (Å²) < 4.78 is 54.9. The normalized spacial score (nSPS) is 12.8. The lowest BCUT2D eigenvalue weighted by molar-refractivity contribution is 0.479. The summed E-state index contributed by atoms with van der Waals surface area (Å²) in [6.45, 7) is 0. The van der Waals surface area contributed by atoms with Gasteiger partial charge in [0.25, 0.3) is 10.1 Å². The van der Waals surface area contributed by atoms with Crippen LogP contribution in [-0.4, -0.2) is 37.4 Å². The van der Waals surface area contributed by atoms with Gasteiger partial charge >= 0.3 is 0 Å². The average Bonchev–Trinajstić information content (AvgIpc) is 2.76. The first-order valence-corrected chi connectivity index (χ1v) is 10.4. The van der Waals surface area contributed by atoms with Crippen LogP contribution in [-0.2, 0) is 26.6 Å². The maximum absolute atomic E-state index is 11.8. The molecule has 122 valence electrons. The molecule has 0 aliphatic heterocycles. The van der Waals surface area contributed by atoms with Gasteiger partial charge in [0.05, 0.1) is 17.5 Å². The number of rotatable bonds is 7. The summed E-state index contributed by atoms with van der Waals surface area (Å²) in [5.41, 5.74) is 1.57. The van der Waals surface area contributed by atoms with E-state index in [9.17, 15) is 16.8 Å². The van der Waals surface area contributed by atoms with Crippen LogP contribution in [0.25, 0.3) is 10.9 Å². The van der Waals surface area contributed by atoms with E-state index in [-0.39, 0.29) is 5.75 Å². The molecular formula is C14H19NO5S2. The Balaban J connectivity index is 2.12. The first kappa shape index (κ1) is 17.0. The molecule has 0 bridgehead atoms.